The molecule has 0 aliphatic heterocycles. The second-order valence-corrected chi connectivity index (χ2v) is 11.5. The van der Waals surface area contributed by atoms with Crippen LogP contribution < -0.4 is 4.74 Å². The van der Waals surface area contributed by atoms with E-state index in [0.717, 1.165) is 18.8 Å². The van der Waals surface area contributed by atoms with Gasteiger partial charge in [-0.05, 0) is 86.5 Å². The van der Waals surface area contributed by atoms with Crippen LogP contribution in [-0.4, -0.2) is 6.11 Å². The van der Waals surface area contributed by atoms with E-state index in [0.29, 0.717) is 30.2 Å². The molecule has 38 heavy (non-hydrogen) atoms. The normalized spacial score (nSPS) is 24.5. The summed E-state index contributed by atoms with van der Waals surface area (Å²) in [7, 11) is 0. The number of rotatable bonds is 10. The highest BCUT2D eigenvalue weighted by Crippen LogP contribution is 2.46. The van der Waals surface area contributed by atoms with Gasteiger partial charge in [-0.1, -0.05) is 69.7 Å². The van der Waals surface area contributed by atoms with Crippen LogP contribution >= 0.6 is 0 Å². The van der Waals surface area contributed by atoms with Crippen LogP contribution in [0.5, 0.6) is 5.75 Å². The Labute approximate surface area is 224 Å². The molecular weight excluding hydrogens is 495 g/mol. The van der Waals surface area contributed by atoms with Crippen molar-refractivity contribution < 1.29 is 26.7 Å². The first-order valence-corrected chi connectivity index (χ1v) is 14.4. The second-order valence-electron chi connectivity index (χ2n) is 11.5. The lowest BCUT2D eigenvalue weighted by Crippen LogP contribution is -2.38. The highest BCUT2D eigenvalue weighted by atomic mass is 19.3. The molecule has 0 atom stereocenters. The maximum atomic E-state index is 15.1. The summed E-state index contributed by atoms with van der Waals surface area (Å²) in [6.45, 7) is 3.67. The first-order chi connectivity index (χ1) is 18.2. The molecule has 2 aromatic carbocycles. The highest BCUT2D eigenvalue weighted by Gasteiger charge is 2.45. The fraction of sp³-hybridized carbons (Fsp3) is 0.625. The van der Waals surface area contributed by atoms with E-state index in [2.05, 4.69) is 6.92 Å². The van der Waals surface area contributed by atoms with Crippen molar-refractivity contribution in [1.29, 1.82) is 0 Å². The molecule has 0 N–H and O–H groups in total. The van der Waals surface area contributed by atoms with Crippen LogP contribution in [0.15, 0.2) is 36.4 Å². The summed E-state index contributed by atoms with van der Waals surface area (Å²) in [5, 5.41) is 0. The Morgan fingerprint density at radius 1 is 0.842 bits per heavy atom. The number of aryl methyl sites for hydroxylation is 1. The van der Waals surface area contributed by atoms with Gasteiger partial charge in [-0.3, -0.25) is 0 Å². The van der Waals surface area contributed by atoms with Crippen molar-refractivity contribution in [3.8, 4) is 16.9 Å². The maximum Gasteiger partial charge on any atom is 0.400 e. The minimum absolute atomic E-state index is 0.0103. The SMILES string of the molecule is CCCCCC1CCC(C2CCC(C(F)(F)Oc3ccc(-c4ccc(C)c(C(F)F)c4F)cc3)CC2)CC1. The Morgan fingerprint density at radius 2 is 1.45 bits per heavy atom. The summed E-state index contributed by atoms with van der Waals surface area (Å²) in [4.78, 5) is 0. The predicted molar refractivity (Wildman–Crippen MR) is 142 cm³/mol. The minimum Gasteiger partial charge on any atom is -0.432 e. The van der Waals surface area contributed by atoms with Gasteiger partial charge >= 0.3 is 6.11 Å². The van der Waals surface area contributed by atoms with E-state index in [1.807, 2.05) is 0 Å². The molecule has 2 aliphatic rings. The number of unbranched alkanes of at least 4 members (excludes halogenated alkanes) is 2. The van der Waals surface area contributed by atoms with Crippen LogP contribution in [0.4, 0.5) is 22.0 Å². The van der Waals surface area contributed by atoms with E-state index in [9.17, 15) is 13.2 Å². The second kappa shape index (κ2) is 12.8. The monoisotopic (exact) mass is 536 g/mol. The molecular formula is C32H41F5O. The number of benzene rings is 2. The third-order valence-electron chi connectivity index (χ3n) is 9.06. The molecule has 2 fully saturated rings. The van der Waals surface area contributed by atoms with Gasteiger partial charge in [0.1, 0.15) is 11.6 Å². The maximum absolute atomic E-state index is 15.1. The molecule has 1 nitrogen and oxygen atoms in total. The summed E-state index contributed by atoms with van der Waals surface area (Å²) >= 11 is 0. The smallest absolute Gasteiger partial charge is 0.400 e. The fourth-order valence-electron chi connectivity index (χ4n) is 6.68. The van der Waals surface area contributed by atoms with Crippen molar-refractivity contribution >= 4 is 0 Å². The number of ether oxygens (including phenoxy) is 1. The van der Waals surface area contributed by atoms with E-state index < -0.39 is 29.8 Å². The molecule has 2 aliphatic carbocycles. The average molecular weight is 537 g/mol. The molecule has 210 valence electrons. The topological polar surface area (TPSA) is 9.23 Å². The number of hydrogen-bond acceptors (Lipinski definition) is 1. The molecule has 2 saturated carbocycles. The molecule has 0 amide bonds. The molecule has 6 heteroatoms. The lowest BCUT2D eigenvalue weighted by atomic mass is 9.68. The molecule has 4 rings (SSSR count). The van der Waals surface area contributed by atoms with Crippen molar-refractivity contribution in [3.63, 3.8) is 0 Å². The third-order valence-corrected chi connectivity index (χ3v) is 9.06. The quantitative estimate of drug-likeness (QED) is 0.217. The van der Waals surface area contributed by atoms with E-state index in [-0.39, 0.29) is 16.9 Å². The Hall–Kier alpha value is -2.11. The van der Waals surface area contributed by atoms with Gasteiger partial charge in [0, 0.05) is 5.56 Å². The van der Waals surface area contributed by atoms with Crippen molar-refractivity contribution in [3.05, 3.63) is 53.3 Å². The van der Waals surface area contributed by atoms with Gasteiger partial charge in [0.05, 0.1) is 11.5 Å². The van der Waals surface area contributed by atoms with Gasteiger partial charge < -0.3 is 4.74 Å². The Bertz CT molecular complexity index is 1020. The number of alkyl halides is 4. The zero-order chi connectivity index (χ0) is 27.3. The van der Waals surface area contributed by atoms with Crippen LogP contribution in [0.3, 0.4) is 0 Å². The summed E-state index contributed by atoms with van der Waals surface area (Å²) in [6.07, 6.45) is 6.66. The van der Waals surface area contributed by atoms with Gasteiger partial charge in [-0.25, -0.2) is 13.2 Å². The molecule has 0 aromatic heterocycles. The van der Waals surface area contributed by atoms with Gasteiger partial charge in [0.2, 0.25) is 0 Å². The van der Waals surface area contributed by atoms with Crippen LogP contribution in [0.1, 0.15) is 102 Å². The van der Waals surface area contributed by atoms with Gasteiger partial charge in [0.25, 0.3) is 6.43 Å². The molecule has 0 bridgehead atoms. The largest absolute Gasteiger partial charge is 0.432 e. The van der Waals surface area contributed by atoms with E-state index in [1.165, 1.54) is 94.7 Å². The van der Waals surface area contributed by atoms with E-state index in [1.54, 1.807) is 0 Å². The summed E-state index contributed by atoms with van der Waals surface area (Å²) in [6, 6.07) is 8.45. The minimum atomic E-state index is -3.29. The number of hydrogen-bond donors (Lipinski definition) is 0. The Morgan fingerprint density at radius 3 is 2.03 bits per heavy atom. The van der Waals surface area contributed by atoms with Crippen molar-refractivity contribution in [2.45, 2.75) is 103 Å². The van der Waals surface area contributed by atoms with Crippen LogP contribution in [0.25, 0.3) is 11.1 Å². The lowest BCUT2D eigenvalue weighted by Gasteiger charge is -2.39. The molecule has 0 radical (unpaired) electrons. The average Bonchev–Trinajstić information content (AvgIpc) is 2.90. The van der Waals surface area contributed by atoms with E-state index >= 15 is 8.78 Å². The molecule has 0 unspecified atom stereocenters. The van der Waals surface area contributed by atoms with Crippen LogP contribution in [-0.2, 0) is 0 Å². The summed E-state index contributed by atoms with van der Waals surface area (Å²) in [5.74, 6) is 0.248. The lowest BCUT2D eigenvalue weighted by molar-refractivity contribution is -0.224. The zero-order valence-corrected chi connectivity index (χ0v) is 22.6. The van der Waals surface area contributed by atoms with Crippen molar-refractivity contribution in [2.75, 3.05) is 0 Å². The van der Waals surface area contributed by atoms with E-state index in [4.69, 9.17) is 4.74 Å². The van der Waals surface area contributed by atoms with Crippen molar-refractivity contribution in [1.82, 2.24) is 0 Å². The van der Waals surface area contributed by atoms with Crippen LogP contribution in [0, 0.1) is 36.4 Å². The van der Waals surface area contributed by atoms with Gasteiger partial charge in [-0.2, -0.15) is 8.78 Å². The summed E-state index contributed by atoms with van der Waals surface area (Å²) in [5.41, 5.74) is -0.117. The highest BCUT2D eigenvalue weighted by molar-refractivity contribution is 5.66. The fourth-order valence-corrected chi connectivity index (χ4v) is 6.68. The number of halogens is 5. The molecule has 0 saturated heterocycles. The van der Waals surface area contributed by atoms with Crippen molar-refractivity contribution in [2.24, 2.45) is 23.7 Å². The molecule has 2 aromatic rings. The van der Waals surface area contributed by atoms with Crippen LogP contribution in [0.2, 0.25) is 0 Å². The zero-order valence-electron chi connectivity index (χ0n) is 22.6. The standard InChI is InChI=1S/C32H41F5O/c1-3-4-5-6-22-8-10-23(11-9-22)24-12-16-26(17-13-24)32(36,37)38-27-18-14-25(15-19-27)28-20-7-21(2)29(30(28)33)31(34)35/h7,14-15,18-20,22-24,26,31H,3-6,8-13,16-17H2,1-2H3. The predicted octanol–water partition coefficient (Wildman–Crippen LogP) is 10.9. The van der Waals surface area contributed by atoms with Gasteiger partial charge in [-0.15, -0.1) is 0 Å². The van der Waals surface area contributed by atoms with Gasteiger partial charge in [0.15, 0.2) is 0 Å². The third kappa shape index (κ3) is 6.90. The Balaban J connectivity index is 1.30. The first-order valence-electron chi connectivity index (χ1n) is 14.4. The Kier molecular flexibility index (Phi) is 9.75. The summed E-state index contributed by atoms with van der Waals surface area (Å²) < 4.78 is 76.5. The first kappa shape index (κ1) is 28.9. The molecule has 0 spiro atoms. The molecule has 0 heterocycles.